The highest BCUT2D eigenvalue weighted by Gasteiger charge is 2.83. The van der Waals surface area contributed by atoms with E-state index >= 15 is 0 Å². The van der Waals surface area contributed by atoms with Crippen molar-refractivity contribution in [3.05, 3.63) is 0 Å². The summed E-state index contributed by atoms with van der Waals surface area (Å²) in [4.78, 5) is 13.6. The standard InChI is InChI=1S/C8H6ClF9N2O/c1-20(2)4(9)19-3(21)5(10,11)6(12,13)7(14,15)8(16,17)18/h1-2H3. The number of hydrogen-bond donors (Lipinski definition) is 0. The van der Waals surface area contributed by atoms with E-state index < -0.39 is 35.1 Å². The number of carbonyl (C=O) groups excluding carboxylic acids is 1. The van der Waals surface area contributed by atoms with Crippen LogP contribution >= 0.6 is 11.6 Å². The second-order valence-corrected chi connectivity index (χ2v) is 4.14. The average Bonchev–Trinajstić information content (AvgIpc) is 2.26. The number of alkyl halides is 9. The lowest BCUT2D eigenvalue weighted by Crippen LogP contribution is -2.63. The van der Waals surface area contributed by atoms with Crippen molar-refractivity contribution in [2.24, 2.45) is 4.99 Å². The molecule has 0 aliphatic carbocycles. The van der Waals surface area contributed by atoms with Crippen LogP contribution in [0.2, 0.25) is 0 Å². The fraction of sp³-hybridized carbons (Fsp3) is 0.750. The second kappa shape index (κ2) is 5.54. The van der Waals surface area contributed by atoms with Crippen molar-refractivity contribution in [1.29, 1.82) is 0 Å². The second-order valence-electron chi connectivity index (χ2n) is 3.80. The number of carbonyl (C=O) groups is 1. The molecule has 0 heterocycles. The molecule has 0 aliphatic heterocycles. The van der Waals surface area contributed by atoms with Gasteiger partial charge in [0.05, 0.1) is 0 Å². The van der Waals surface area contributed by atoms with Crippen LogP contribution in [0.15, 0.2) is 4.99 Å². The van der Waals surface area contributed by atoms with Crippen molar-refractivity contribution < 1.29 is 44.3 Å². The monoisotopic (exact) mass is 352 g/mol. The Labute approximate surface area is 116 Å². The van der Waals surface area contributed by atoms with Gasteiger partial charge in [0.1, 0.15) is 0 Å². The van der Waals surface area contributed by atoms with Crippen LogP contribution < -0.4 is 0 Å². The minimum absolute atomic E-state index is 0.648. The highest BCUT2D eigenvalue weighted by Crippen LogP contribution is 2.53. The molecule has 21 heavy (non-hydrogen) atoms. The van der Waals surface area contributed by atoms with E-state index in [9.17, 15) is 44.3 Å². The average molecular weight is 353 g/mol. The molecule has 0 rings (SSSR count). The lowest BCUT2D eigenvalue weighted by molar-refractivity contribution is -0.388. The first-order valence-electron chi connectivity index (χ1n) is 4.66. The fourth-order valence-electron chi connectivity index (χ4n) is 0.763. The van der Waals surface area contributed by atoms with Crippen LogP contribution in [-0.4, -0.2) is 54.1 Å². The largest absolute Gasteiger partial charge is 0.460 e. The van der Waals surface area contributed by atoms with Gasteiger partial charge in [-0.05, 0) is 11.6 Å². The molecule has 0 spiro atoms. The summed E-state index contributed by atoms with van der Waals surface area (Å²) in [6.07, 6.45) is -7.00. The van der Waals surface area contributed by atoms with Crippen molar-refractivity contribution in [2.75, 3.05) is 14.1 Å². The number of halogens is 10. The zero-order valence-electron chi connectivity index (χ0n) is 10.1. The molecule has 0 saturated carbocycles. The van der Waals surface area contributed by atoms with E-state index in [1.54, 1.807) is 0 Å². The van der Waals surface area contributed by atoms with Gasteiger partial charge in [-0.1, -0.05) is 0 Å². The van der Waals surface area contributed by atoms with Crippen LogP contribution in [0.3, 0.4) is 0 Å². The first kappa shape index (κ1) is 19.8. The Morgan fingerprint density at radius 1 is 0.905 bits per heavy atom. The lowest BCUT2D eigenvalue weighted by Gasteiger charge is -2.31. The molecule has 0 N–H and O–H groups in total. The fourth-order valence-corrected chi connectivity index (χ4v) is 0.840. The molecule has 0 atom stereocenters. The number of aliphatic imine (C=N–C) groups is 1. The summed E-state index contributed by atoms with van der Waals surface area (Å²) in [5.41, 5.74) is 0. The zero-order chi connectivity index (χ0) is 17.4. The van der Waals surface area contributed by atoms with Crippen LogP contribution in [-0.2, 0) is 4.79 Å². The lowest BCUT2D eigenvalue weighted by atomic mass is 10.0. The minimum atomic E-state index is -7.15. The first-order valence-corrected chi connectivity index (χ1v) is 5.04. The molecule has 0 radical (unpaired) electrons. The van der Waals surface area contributed by atoms with Crippen molar-refractivity contribution in [2.45, 2.75) is 23.9 Å². The molecule has 0 aliphatic rings. The Morgan fingerprint density at radius 3 is 1.57 bits per heavy atom. The van der Waals surface area contributed by atoms with Gasteiger partial charge in [0.25, 0.3) is 0 Å². The maximum atomic E-state index is 13.0. The molecular weight excluding hydrogens is 347 g/mol. The Kier molecular flexibility index (Phi) is 5.22. The first-order chi connectivity index (χ1) is 9.00. The zero-order valence-corrected chi connectivity index (χ0v) is 10.8. The Balaban J connectivity index is 5.80. The quantitative estimate of drug-likeness (QED) is 0.338. The summed E-state index contributed by atoms with van der Waals surface area (Å²) in [6, 6.07) is 0. The van der Waals surface area contributed by atoms with E-state index in [2.05, 4.69) is 4.99 Å². The highest BCUT2D eigenvalue weighted by atomic mass is 35.5. The number of amidine groups is 1. The maximum absolute atomic E-state index is 13.0. The molecule has 0 bridgehead atoms. The molecule has 0 saturated heterocycles. The van der Waals surface area contributed by atoms with Gasteiger partial charge < -0.3 is 4.90 Å². The number of rotatable bonds is 3. The third kappa shape index (κ3) is 3.35. The molecule has 13 heteroatoms. The maximum Gasteiger partial charge on any atom is 0.460 e. The summed E-state index contributed by atoms with van der Waals surface area (Å²) < 4.78 is 112. The van der Waals surface area contributed by atoms with Crippen molar-refractivity contribution in [3.63, 3.8) is 0 Å². The summed E-state index contributed by atoms with van der Waals surface area (Å²) in [6.45, 7) is 0. The Hall–Kier alpha value is -1.20. The third-order valence-corrected chi connectivity index (χ3v) is 2.40. The molecule has 0 fully saturated rings. The summed E-state index contributed by atoms with van der Waals surface area (Å²) in [5, 5.41) is -1.12. The van der Waals surface area contributed by atoms with E-state index in [4.69, 9.17) is 11.6 Å². The number of nitrogens with zero attached hydrogens (tertiary/aromatic N) is 2. The SMILES string of the molecule is CN(C)C(Cl)=NC(=O)C(F)(F)C(F)(F)C(F)(F)C(F)(F)F. The van der Waals surface area contributed by atoms with Gasteiger partial charge in [0, 0.05) is 14.1 Å². The molecule has 0 aromatic rings. The van der Waals surface area contributed by atoms with E-state index in [-0.39, 0.29) is 0 Å². The van der Waals surface area contributed by atoms with Gasteiger partial charge >= 0.3 is 29.9 Å². The molecule has 0 unspecified atom stereocenters. The number of amides is 1. The summed E-state index contributed by atoms with van der Waals surface area (Å²) in [5.74, 6) is -23.9. The highest BCUT2D eigenvalue weighted by molar-refractivity contribution is 6.65. The van der Waals surface area contributed by atoms with E-state index in [1.807, 2.05) is 0 Å². The topological polar surface area (TPSA) is 32.7 Å². The predicted octanol–water partition coefficient (Wildman–Crippen LogP) is 3.14. The van der Waals surface area contributed by atoms with Gasteiger partial charge in [-0.15, -0.1) is 0 Å². The van der Waals surface area contributed by atoms with E-state index in [1.165, 1.54) is 0 Å². The molecule has 3 nitrogen and oxygen atoms in total. The Bertz CT molecular complexity index is 444. The molecule has 1 amide bonds. The van der Waals surface area contributed by atoms with Crippen LogP contribution in [0, 0.1) is 0 Å². The predicted molar refractivity (Wildman–Crippen MR) is 52.9 cm³/mol. The van der Waals surface area contributed by atoms with Crippen molar-refractivity contribution >= 4 is 22.8 Å². The normalized spacial score (nSPS) is 15.1. The van der Waals surface area contributed by atoms with Crippen molar-refractivity contribution in [1.82, 2.24) is 4.90 Å². The summed E-state index contributed by atoms with van der Waals surface area (Å²) in [7, 11) is 2.03. The van der Waals surface area contributed by atoms with Gasteiger partial charge in [-0.2, -0.15) is 44.5 Å². The van der Waals surface area contributed by atoms with Crippen LogP contribution in [0.4, 0.5) is 39.5 Å². The molecule has 124 valence electrons. The molecular formula is C8H6ClF9N2O. The third-order valence-electron chi connectivity index (χ3n) is 1.98. The Morgan fingerprint density at radius 2 is 1.29 bits per heavy atom. The summed E-state index contributed by atoms with van der Waals surface area (Å²) >= 11 is 5.04. The van der Waals surface area contributed by atoms with E-state index in [0.717, 1.165) is 14.1 Å². The van der Waals surface area contributed by atoms with Gasteiger partial charge in [-0.3, -0.25) is 4.79 Å². The van der Waals surface area contributed by atoms with Crippen LogP contribution in [0.25, 0.3) is 0 Å². The van der Waals surface area contributed by atoms with Gasteiger partial charge in [0.2, 0.25) is 5.29 Å². The van der Waals surface area contributed by atoms with Crippen molar-refractivity contribution in [3.8, 4) is 0 Å². The smallest absolute Gasteiger partial charge is 0.353 e. The molecule has 0 aromatic carbocycles. The minimum Gasteiger partial charge on any atom is -0.353 e. The molecule has 0 aromatic heterocycles. The van der Waals surface area contributed by atoms with Gasteiger partial charge in [-0.25, -0.2) is 0 Å². The van der Waals surface area contributed by atoms with E-state index in [0.29, 0.717) is 4.90 Å². The van der Waals surface area contributed by atoms with Gasteiger partial charge in [0.15, 0.2) is 0 Å². The van der Waals surface area contributed by atoms with Crippen LogP contribution in [0.5, 0.6) is 0 Å². The number of hydrogen-bond acceptors (Lipinski definition) is 1. The van der Waals surface area contributed by atoms with Crippen LogP contribution in [0.1, 0.15) is 0 Å².